The van der Waals surface area contributed by atoms with Crippen LogP contribution in [-0.4, -0.2) is 0 Å². The van der Waals surface area contributed by atoms with Gasteiger partial charge in [-0.05, 0) is 71.2 Å². The van der Waals surface area contributed by atoms with E-state index in [0.717, 1.165) is 18.4 Å². The van der Waals surface area contributed by atoms with Gasteiger partial charge in [0.1, 0.15) is 0 Å². The molecule has 0 aliphatic heterocycles. The maximum absolute atomic E-state index is 8.95. The van der Waals surface area contributed by atoms with Gasteiger partial charge in [-0.2, -0.15) is 5.26 Å². The van der Waals surface area contributed by atoms with Gasteiger partial charge in [0.2, 0.25) is 0 Å². The van der Waals surface area contributed by atoms with Crippen LogP contribution in [0.1, 0.15) is 61.6 Å². The summed E-state index contributed by atoms with van der Waals surface area (Å²) in [5.74, 6) is 0. The molecule has 0 unspecified atom stereocenters. The SMILES string of the molecule is [C-]#[N+]c1ccc(-c2ccc(CCCCCCCCCc3ccc(-c4ccc(C#N)cc4)cc3)cc2)cc1. The monoisotopic (exact) mass is 482 g/mol. The van der Waals surface area contributed by atoms with Gasteiger partial charge in [-0.3, -0.25) is 0 Å². The smallest absolute Gasteiger partial charge is 0.187 e. The van der Waals surface area contributed by atoms with Crippen molar-refractivity contribution in [2.24, 2.45) is 0 Å². The number of nitriles is 1. The van der Waals surface area contributed by atoms with Crippen LogP contribution in [0.15, 0.2) is 97.1 Å². The van der Waals surface area contributed by atoms with Crippen LogP contribution in [0.3, 0.4) is 0 Å². The zero-order valence-corrected chi connectivity index (χ0v) is 21.5. The summed E-state index contributed by atoms with van der Waals surface area (Å²) in [7, 11) is 0. The Bertz CT molecular complexity index is 1210. The lowest BCUT2D eigenvalue weighted by Gasteiger charge is -2.06. The first-order chi connectivity index (χ1) is 18.2. The summed E-state index contributed by atoms with van der Waals surface area (Å²) in [6.45, 7) is 7.07. The molecule has 0 amide bonds. The number of hydrogen-bond donors (Lipinski definition) is 0. The van der Waals surface area contributed by atoms with Gasteiger partial charge < -0.3 is 0 Å². The lowest BCUT2D eigenvalue weighted by Crippen LogP contribution is -1.88. The van der Waals surface area contributed by atoms with Crippen LogP contribution in [0.2, 0.25) is 0 Å². The molecule has 0 aromatic heterocycles. The van der Waals surface area contributed by atoms with Gasteiger partial charge in [-0.15, -0.1) is 0 Å². The van der Waals surface area contributed by atoms with E-state index in [4.69, 9.17) is 11.8 Å². The number of unbranched alkanes of at least 4 members (excludes halogenated alkanes) is 6. The fraction of sp³-hybridized carbons (Fsp3) is 0.257. The van der Waals surface area contributed by atoms with Crippen molar-refractivity contribution in [3.05, 3.63) is 125 Å². The molecule has 0 saturated heterocycles. The van der Waals surface area contributed by atoms with Crippen LogP contribution in [0.5, 0.6) is 0 Å². The maximum atomic E-state index is 8.95. The number of benzene rings is 4. The second kappa shape index (κ2) is 13.8. The van der Waals surface area contributed by atoms with E-state index in [0.29, 0.717) is 11.3 Å². The number of nitrogens with zero attached hydrogens (tertiary/aromatic N) is 2. The molecule has 0 aliphatic rings. The van der Waals surface area contributed by atoms with E-state index in [1.54, 1.807) is 0 Å². The largest absolute Gasteiger partial charge is 0.238 e. The molecule has 37 heavy (non-hydrogen) atoms. The normalized spacial score (nSPS) is 10.5. The minimum absolute atomic E-state index is 0.687. The first-order valence-corrected chi connectivity index (χ1v) is 13.4. The molecule has 0 heterocycles. The molecular weight excluding hydrogens is 448 g/mol. The zero-order valence-electron chi connectivity index (χ0n) is 21.5. The van der Waals surface area contributed by atoms with Gasteiger partial charge in [0.25, 0.3) is 0 Å². The predicted octanol–water partition coefficient (Wildman–Crippen LogP) is 9.96. The average Bonchev–Trinajstić information content (AvgIpc) is 2.97. The third kappa shape index (κ3) is 7.93. The summed E-state index contributed by atoms with van der Waals surface area (Å²) in [5, 5.41) is 8.95. The van der Waals surface area contributed by atoms with Crippen molar-refractivity contribution in [1.82, 2.24) is 0 Å². The van der Waals surface area contributed by atoms with E-state index < -0.39 is 0 Å². The first kappa shape index (κ1) is 25.9. The Morgan fingerprint density at radius 3 is 1.22 bits per heavy atom. The molecule has 0 spiro atoms. The highest BCUT2D eigenvalue weighted by Crippen LogP contribution is 2.24. The number of hydrogen-bond acceptors (Lipinski definition) is 1. The molecule has 0 N–H and O–H groups in total. The molecule has 184 valence electrons. The third-order valence-corrected chi connectivity index (χ3v) is 7.02. The van der Waals surface area contributed by atoms with Gasteiger partial charge in [0, 0.05) is 0 Å². The van der Waals surface area contributed by atoms with Gasteiger partial charge in [0.05, 0.1) is 18.2 Å². The van der Waals surface area contributed by atoms with Crippen molar-refractivity contribution in [3.8, 4) is 28.3 Å². The molecule has 0 fully saturated rings. The molecule has 0 atom stereocenters. The van der Waals surface area contributed by atoms with E-state index in [-0.39, 0.29) is 0 Å². The Balaban J connectivity index is 1.06. The summed E-state index contributed by atoms with van der Waals surface area (Å²) in [6.07, 6.45) is 11.4. The fourth-order valence-electron chi connectivity index (χ4n) is 4.74. The van der Waals surface area contributed by atoms with Crippen molar-refractivity contribution in [2.45, 2.75) is 57.8 Å². The van der Waals surface area contributed by atoms with E-state index in [9.17, 15) is 0 Å². The molecule has 0 saturated carbocycles. The molecule has 4 aromatic rings. The Labute approximate surface area is 222 Å². The third-order valence-electron chi connectivity index (χ3n) is 7.02. The van der Waals surface area contributed by atoms with Crippen molar-refractivity contribution < 1.29 is 0 Å². The maximum Gasteiger partial charge on any atom is 0.187 e. The molecule has 2 nitrogen and oxygen atoms in total. The van der Waals surface area contributed by atoms with Crippen LogP contribution in [0, 0.1) is 17.9 Å². The van der Waals surface area contributed by atoms with Crippen LogP contribution < -0.4 is 0 Å². The summed E-state index contributed by atoms with van der Waals surface area (Å²) in [6, 6.07) is 35.5. The average molecular weight is 483 g/mol. The Morgan fingerprint density at radius 1 is 0.486 bits per heavy atom. The summed E-state index contributed by atoms with van der Waals surface area (Å²) < 4.78 is 0. The van der Waals surface area contributed by atoms with E-state index in [1.807, 2.05) is 48.5 Å². The molecule has 0 radical (unpaired) electrons. The Kier molecular flexibility index (Phi) is 9.69. The van der Waals surface area contributed by atoms with Gasteiger partial charge in [-0.25, -0.2) is 4.85 Å². The predicted molar refractivity (Wildman–Crippen MR) is 154 cm³/mol. The molecule has 4 aromatic carbocycles. The van der Waals surface area contributed by atoms with Crippen molar-refractivity contribution >= 4 is 5.69 Å². The molecule has 0 bridgehead atoms. The van der Waals surface area contributed by atoms with Gasteiger partial charge >= 0.3 is 0 Å². The van der Waals surface area contributed by atoms with Crippen LogP contribution in [0.4, 0.5) is 5.69 Å². The van der Waals surface area contributed by atoms with Crippen LogP contribution in [0.25, 0.3) is 27.1 Å². The molecule has 4 rings (SSSR count). The molecule has 0 aliphatic carbocycles. The minimum atomic E-state index is 0.687. The van der Waals surface area contributed by atoms with Crippen LogP contribution >= 0.6 is 0 Å². The van der Waals surface area contributed by atoms with Crippen molar-refractivity contribution in [2.75, 3.05) is 0 Å². The highest BCUT2D eigenvalue weighted by Gasteiger charge is 2.01. The lowest BCUT2D eigenvalue weighted by atomic mass is 9.99. The van der Waals surface area contributed by atoms with Crippen molar-refractivity contribution in [3.63, 3.8) is 0 Å². The summed E-state index contributed by atoms with van der Waals surface area (Å²) in [4.78, 5) is 3.46. The quantitative estimate of drug-likeness (QED) is 0.146. The number of aryl methyl sites for hydroxylation is 2. The second-order valence-electron chi connectivity index (χ2n) is 9.72. The second-order valence-corrected chi connectivity index (χ2v) is 9.72. The number of rotatable bonds is 12. The topological polar surface area (TPSA) is 28.1 Å². The molecule has 2 heteroatoms. The highest BCUT2D eigenvalue weighted by molar-refractivity contribution is 5.66. The standard InChI is InChI=1S/C35H34N2/c1-37-35-25-23-34(24-26-35)32-19-13-29(14-20-32)10-8-6-4-2-3-5-7-9-28-11-17-31(18-12-28)33-21-15-30(27-36)16-22-33/h11-26H,2-10H2. The van der Waals surface area contributed by atoms with E-state index in [1.165, 1.54) is 72.8 Å². The van der Waals surface area contributed by atoms with Crippen LogP contribution in [-0.2, 0) is 12.8 Å². The van der Waals surface area contributed by atoms with E-state index >= 15 is 0 Å². The van der Waals surface area contributed by atoms with Gasteiger partial charge in [-0.1, -0.05) is 117 Å². The lowest BCUT2D eigenvalue weighted by molar-refractivity contribution is 0.579. The first-order valence-electron chi connectivity index (χ1n) is 13.4. The minimum Gasteiger partial charge on any atom is -0.238 e. The zero-order chi connectivity index (χ0) is 25.7. The summed E-state index contributed by atoms with van der Waals surface area (Å²) >= 11 is 0. The fourth-order valence-corrected chi connectivity index (χ4v) is 4.74. The van der Waals surface area contributed by atoms with E-state index in [2.05, 4.69) is 59.4 Å². The Morgan fingerprint density at radius 2 is 0.838 bits per heavy atom. The van der Waals surface area contributed by atoms with Crippen molar-refractivity contribution in [1.29, 1.82) is 5.26 Å². The Hall–Kier alpha value is -4.14. The summed E-state index contributed by atoms with van der Waals surface area (Å²) in [5.41, 5.74) is 8.94. The molecular formula is C35H34N2. The highest BCUT2D eigenvalue weighted by atomic mass is 14.6. The van der Waals surface area contributed by atoms with Gasteiger partial charge in [0.15, 0.2) is 5.69 Å².